The molecule has 5 heteroatoms. The largest absolute Gasteiger partial charge is 0.507 e. The molecule has 2 rings (SSSR count). The third kappa shape index (κ3) is 6.72. The Hall–Kier alpha value is -2.11. The van der Waals surface area contributed by atoms with E-state index in [1.807, 2.05) is 36.4 Å². The maximum atomic E-state index is 10.4. The number of benzene rings is 2. The van der Waals surface area contributed by atoms with Gasteiger partial charge in [0.1, 0.15) is 11.5 Å². The third-order valence-corrected chi connectivity index (χ3v) is 4.57. The number of rotatable bonds is 5. The number of aromatic hydroxyl groups is 2. The number of hydrogen-bond acceptors (Lipinski definition) is 4. The molecule has 0 unspecified atom stereocenters. The molecule has 0 amide bonds. The average Bonchev–Trinajstić information content (AvgIpc) is 2.58. The van der Waals surface area contributed by atoms with Gasteiger partial charge in [-0.05, 0) is 34.1 Å². The molecule has 0 aromatic heterocycles. The number of hydrogen-bond donors (Lipinski definition) is 2. The smallest absolute Gasteiger partial charge is 0.128 e. The van der Waals surface area contributed by atoms with E-state index in [1.54, 1.807) is 12.4 Å². The Bertz CT molecular complexity index is 802. The van der Waals surface area contributed by atoms with Crippen LogP contribution in [0.2, 0.25) is 0 Å². The van der Waals surface area contributed by atoms with Crippen molar-refractivity contribution in [1.29, 1.82) is 0 Å². The Balaban J connectivity index is 0.00000420. The molecule has 1 radical (unpaired) electrons. The Kier molecular flexibility index (Phi) is 8.66. The molecule has 0 fully saturated rings. The van der Waals surface area contributed by atoms with Gasteiger partial charge in [-0.25, -0.2) is 0 Å². The number of para-hydroxylation sites is 2. The molecule has 0 heterocycles. The van der Waals surface area contributed by atoms with Crippen LogP contribution in [0.4, 0.5) is 0 Å². The second-order valence-electron chi connectivity index (χ2n) is 9.06. The fourth-order valence-corrected chi connectivity index (χ4v) is 2.98. The summed E-state index contributed by atoms with van der Waals surface area (Å²) in [6.45, 7) is 13.4. The Morgan fingerprint density at radius 3 is 1.34 bits per heavy atom. The minimum absolute atomic E-state index is 0. The van der Waals surface area contributed by atoms with Crippen LogP contribution in [0.1, 0.15) is 63.8 Å². The van der Waals surface area contributed by atoms with E-state index in [1.165, 1.54) is 0 Å². The fourth-order valence-electron chi connectivity index (χ4n) is 2.98. The summed E-state index contributed by atoms with van der Waals surface area (Å²) in [5, 5.41) is 20.9. The molecule has 2 aromatic carbocycles. The molecule has 2 N–H and O–H groups in total. The van der Waals surface area contributed by atoms with Gasteiger partial charge in [-0.3, -0.25) is 9.98 Å². The molecule has 0 saturated heterocycles. The van der Waals surface area contributed by atoms with Crippen LogP contribution in [-0.2, 0) is 27.6 Å². The van der Waals surface area contributed by atoms with Gasteiger partial charge in [-0.2, -0.15) is 0 Å². The zero-order valence-corrected chi connectivity index (χ0v) is 19.2. The van der Waals surface area contributed by atoms with Gasteiger partial charge in [0, 0.05) is 40.3 Å². The summed E-state index contributed by atoms with van der Waals surface area (Å²) < 4.78 is 0. The van der Waals surface area contributed by atoms with Crippen molar-refractivity contribution in [3.05, 3.63) is 58.7 Å². The first-order chi connectivity index (χ1) is 13.0. The second kappa shape index (κ2) is 10.1. The number of phenols is 2. The number of phenolic OH excluding ortho intramolecular Hbond substituents is 2. The van der Waals surface area contributed by atoms with Crippen LogP contribution < -0.4 is 0 Å². The number of aliphatic imine (C=N–C) groups is 2. The molecule has 4 nitrogen and oxygen atoms in total. The minimum atomic E-state index is -0.123. The summed E-state index contributed by atoms with van der Waals surface area (Å²) in [5.74, 6) is 0.567. The molecule has 0 atom stereocenters. The van der Waals surface area contributed by atoms with Crippen molar-refractivity contribution in [3.8, 4) is 11.5 Å². The van der Waals surface area contributed by atoms with E-state index in [2.05, 4.69) is 51.5 Å². The van der Waals surface area contributed by atoms with Crippen molar-refractivity contribution in [2.24, 2.45) is 9.98 Å². The van der Waals surface area contributed by atoms with Crippen molar-refractivity contribution in [2.45, 2.75) is 52.4 Å². The monoisotopic (exact) mass is 439 g/mol. The van der Waals surface area contributed by atoms with Crippen molar-refractivity contribution in [1.82, 2.24) is 0 Å². The molecule has 0 aliphatic heterocycles. The van der Waals surface area contributed by atoms with Crippen molar-refractivity contribution in [2.75, 3.05) is 13.1 Å². The molecule has 2 aromatic rings. The van der Waals surface area contributed by atoms with E-state index in [9.17, 15) is 10.2 Å². The van der Waals surface area contributed by atoms with Gasteiger partial charge in [-0.15, -0.1) is 0 Å². The van der Waals surface area contributed by atoms with Gasteiger partial charge in [0.15, 0.2) is 0 Å². The van der Waals surface area contributed by atoms with Crippen LogP contribution in [0.25, 0.3) is 0 Å². The summed E-state index contributed by atoms with van der Waals surface area (Å²) in [4.78, 5) is 8.75. The first-order valence-electron chi connectivity index (χ1n) is 9.66. The average molecular weight is 439 g/mol. The van der Waals surface area contributed by atoms with Gasteiger partial charge >= 0.3 is 0 Å². The predicted octanol–water partition coefficient (Wildman–Crippen LogP) is 5.23. The molecule has 159 valence electrons. The van der Waals surface area contributed by atoms with Gasteiger partial charge in [0.2, 0.25) is 0 Å². The Morgan fingerprint density at radius 2 is 1.03 bits per heavy atom. The summed E-state index contributed by atoms with van der Waals surface area (Å²) in [6, 6.07) is 11.5. The predicted molar refractivity (Wildman–Crippen MR) is 119 cm³/mol. The molecule has 29 heavy (non-hydrogen) atoms. The first kappa shape index (κ1) is 24.9. The maximum Gasteiger partial charge on any atom is 0.128 e. The van der Waals surface area contributed by atoms with E-state index in [-0.39, 0.29) is 39.1 Å². The standard InChI is InChI=1S/C24H32N2O2.Co/c1-23(2,3)19-11-7-9-17(21(19)27)15-25-13-14-26-16-18-10-8-12-20(22(18)28)24(4,5)6;/h7-12,15-16,27-28H,13-14H2,1-6H3;. The first-order valence-corrected chi connectivity index (χ1v) is 9.66. The quantitative estimate of drug-likeness (QED) is 0.495. The van der Waals surface area contributed by atoms with Crippen LogP contribution >= 0.6 is 0 Å². The third-order valence-electron chi connectivity index (χ3n) is 4.57. The summed E-state index contributed by atoms with van der Waals surface area (Å²) in [5.41, 5.74) is 3.00. The summed E-state index contributed by atoms with van der Waals surface area (Å²) >= 11 is 0. The van der Waals surface area contributed by atoms with Crippen molar-refractivity contribution in [3.63, 3.8) is 0 Å². The number of nitrogens with zero attached hydrogens (tertiary/aromatic N) is 2. The van der Waals surface area contributed by atoms with Gasteiger partial charge in [0.05, 0.1) is 13.1 Å². The fraction of sp³-hybridized carbons (Fsp3) is 0.417. The Labute approximate surface area is 185 Å². The molecular weight excluding hydrogens is 407 g/mol. The van der Waals surface area contributed by atoms with Crippen LogP contribution in [-0.4, -0.2) is 35.7 Å². The second-order valence-corrected chi connectivity index (χ2v) is 9.06. The van der Waals surface area contributed by atoms with Crippen LogP contribution in [0.15, 0.2) is 46.4 Å². The van der Waals surface area contributed by atoms with Crippen LogP contribution in [0, 0.1) is 0 Å². The normalized spacial score (nSPS) is 12.5. The van der Waals surface area contributed by atoms with Gasteiger partial charge in [0.25, 0.3) is 0 Å². The minimum Gasteiger partial charge on any atom is -0.507 e. The Morgan fingerprint density at radius 1 is 0.690 bits per heavy atom. The van der Waals surface area contributed by atoms with Crippen LogP contribution in [0.3, 0.4) is 0 Å². The zero-order valence-electron chi connectivity index (χ0n) is 18.2. The molecule has 0 spiro atoms. The molecular formula is C24H32CoN2O2. The van der Waals surface area contributed by atoms with E-state index < -0.39 is 0 Å². The van der Waals surface area contributed by atoms with Gasteiger partial charge in [-0.1, -0.05) is 65.8 Å². The summed E-state index contributed by atoms with van der Waals surface area (Å²) in [7, 11) is 0. The summed E-state index contributed by atoms with van der Waals surface area (Å²) in [6.07, 6.45) is 3.38. The van der Waals surface area contributed by atoms with Crippen LogP contribution in [0.5, 0.6) is 11.5 Å². The zero-order chi connectivity index (χ0) is 20.9. The van der Waals surface area contributed by atoms with E-state index >= 15 is 0 Å². The molecule has 0 aliphatic rings. The van der Waals surface area contributed by atoms with Crippen molar-refractivity contribution < 1.29 is 27.0 Å². The maximum absolute atomic E-state index is 10.4. The molecule has 0 bridgehead atoms. The van der Waals surface area contributed by atoms with Gasteiger partial charge < -0.3 is 10.2 Å². The van der Waals surface area contributed by atoms with Crippen molar-refractivity contribution >= 4 is 12.4 Å². The van der Waals surface area contributed by atoms with E-state index in [4.69, 9.17) is 0 Å². The topological polar surface area (TPSA) is 65.2 Å². The molecule has 0 saturated carbocycles. The van der Waals surface area contributed by atoms with E-state index in [0.717, 1.165) is 11.1 Å². The van der Waals surface area contributed by atoms with E-state index in [0.29, 0.717) is 24.2 Å². The molecule has 0 aliphatic carbocycles. The SMILES string of the molecule is CC(C)(C)c1cccc(C=NCCN=Cc2cccc(C(C)(C)C)c2O)c1O.[Co].